The summed E-state index contributed by atoms with van der Waals surface area (Å²) in [5.74, 6) is -0.0792. The summed E-state index contributed by atoms with van der Waals surface area (Å²) >= 11 is 0. The van der Waals surface area contributed by atoms with Crippen LogP contribution in [-0.4, -0.2) is 37.6 Å². The lowest BCUT2D eigenvalue weighted by Crippen LogP contribution is -2.26. The van der Waals surface area contributed by atoms with E-state index in [0.717, 1.165) is 5.69 Å². The van der Waals surface area contributed by atoms with E-state index in [-0.39, 0.29) is 30.4 Å². The number of ether oxygens (including phenoxy) is 1. The van der Waals surface area contributed by atoms with Crippen LogP contribution in [0.5, 0.6) is 5.75 Å². The van der Waals surface area contributed by atoms with E-state index in [9.17, 15) is 14.4 Å². The van der Waals surface area contributed by atoms with Crippen LogP contribution in [0.1, 0.15) is 10.4 Å². The number of anilines is 1. The maximum atomic E-state index is 12.9. The molecule has 2 aromatic carbocycles. The first-order valence-electron chi connectivity index (χ1n) is 9.18. The molecule has 0 aliphatic carbocycles. The molecule has 1 aliphatic rings. The fourth-order valence-electron chi connectivity index (χ4n) is 3.32. The van der Waals surface area contributed by atoms with Crippen molar-refractivity contribution in [3.63, 3.8) is 0 Å². The van der Waals surface area contributed by atoms with Crippen molar-refractivity contribution in [3.05, 3.63) is 77.0 Å². The van der Waals surface area contributed by atoms with Crippen LogP contribution >= 0.6 is 0 Å². The molecule has 0 radical (unpaired) electrons. The van der Waals surface area contributed by atoms with Crippen LogP contribution in [0.15, 0.2) is 65.8 Å². The van der Waals surface area contributed by atoms with Crippen molar-refractivity contribution in [3.8, 4) is 11.4 Å². The van der Waals surface area contributed by atoms with Gasteiger partial charge in [-0.25, -0.2) is 9.67 Å². The summed E-state index contributed by atoms with van der Waals surface area (Å²) in [4.78, 5) is 41.4. The molecule has 30 heavy (non-hydrogen) atoms. The molecule has 2 aromatic heterocycles. The number of nitrogens with one attached hydrogen (secondary N) is 1. The van der Waals surface area contributed by atoms with Crippen molar-refractivity contribution >= 4 is 28.4 Å². The molecule has 9 heteroatoms. The second-order valence-corrected chi connectivity index (χ2v) is 6.78. The Bertz CT molecular complexity index is 1360. The Morgan fingerprint density at radius 3 is 2.80 bits per heavy atom. The first kappa shape index (κ1) is 17.8. The summed E-state index contributed by atoms with van der Waals surface area (Å²) in [6, 6.07) is 14.1. The molecule has 0 unspecified atom stereocenters. The summed E-state index contributed by atoms with van der Waals surface area (Å²) in [5.41, 5.74) is 1.63. The molecule has 0 saturated carbocycles. The van der Waals surface area contributed by atoms with Crippen LogP contribution in [0.3, 0.4) is 0 Å². The highest BCUT2D eigenvalue weighted by Crippen LogP contribution is 2.28. The minimum absolute atomic E-state index is 0.0575. The van der Waals surface area contributed by atoms with Crippen LogP contribution in [0, 0.1) is 0 Å². The van der Waals surface area contributed by atoms with Gasteiger partial charge in [0.25, 0.3) is 11.5 Å². The number of carbonyl (C=O) groups excluding carboxylic acids is 2. The zero-order valence-corrected chi connectivity index (χ0v) is 15.6. The number of ketones is 1. The Balaban J connectivity index is 1.45. The van der Waals surface area contributed by atoms with Crippen LogP contribution in [0.4, 0.5) is 5.69 Å². The van der Waals surface area contributed by atoms with Crippen molar-refractivity contribution in [1.82, 2.24) is 19.3 Å². The van der Waals surface area contributed by atoms with Gasteiger partial charge in [-0.1, -0.05) is 18.2 Å². The third-order valence-corrected chi connectivity index (χ3v) is 4.80. The van der Waals surface area contributed by atoms with E-state index in [1.807, 2.05) is 30.3 Å². The van der Waals surface area contributed by atoms with Gasteiger partial charge in [0.15, 0.2) is 18.0 Å². The van der Waals surface area contributed by atoms with Gasteiger partial charge in [0, 0.05) is 5.56 Å². The zero-order valence-electron chi connectivity index (χ0n) is 15.6. The molecule has 9 nitrogen and oxygen atoms in total. The molecule has 1 aliphatic heterocycles. The molecule has 0 bridgehead atoms. The Hall–Kier alpha value is -4.27. The van der Waals surface area contributed by atoms with Crippen LogP contribution < -0.4 is 15.6 Å². The molecular weight excluding hydrogens is 386 g/mol. The van der Waals surface area contributed by atoms with Crippen LogP contribution in [0.25, 0.3) is 16.7 Å². The first-order valence-corrected chi connectivity index (χ1v) is 9.18. The Kier molecular flexibility index (Phi) is 4.13. The predicted molar refractivity (Wildman–Crippen MR) is 108 cm³/mol. The van der Waals surface area contributed by atoms with Crippen molar-refractivity contribution in [2.45, 2.75) is 6.54 Å². The number of aromatic nitrogens is 4. The average molecular weight is 401 g/mol. The van der Waals surface area contributed by atoms with Gasteiger partial charge in [0.05, 0.1) is 24.1 Å². The number of Topliss-reactive ketones (excluding diaryl/α,β-unsaturated/α-hetero) is 1. The Labute approximate surface area is 169 Å². The van der Waals surface area contributed by atoms with Crippen molar-refractivity contribution in [2.75, 3.05) is 11.9 Å². The number of hydrogen-bond donors (Lipinski definition) is 1. The van der Waals surface area contributed by atoms with E-state index in [0.29, 0.717) is 28.0 Å². The molecule has 0 atom stereocenters. The van der Waals surface area contributed by atoms with Crippen molar-refractivity contribution in [2.24, 2.45) is 0 Å². The molecule has 3 heterocycles. The fourth-order valence-corrected chi connectivity index (χ4v) is 3.32. The highest BCUT2D eigenvalue weighted by molar-refractivity contribution is 6.00. The molecular formula is C21H15N5O4. The maximum Gasteiger partial charge on any atom is 0.264 e. The van der Waals surface area contributed by atoms with E-state index >= 15 is 0 Å². The maximum absolute atomic E-state index is 12.9. The van der Waals surface area contributed by atoms with E-state index in [1.165, 1.54) is 17.1 Å². The molecule has 148 valence electrons. The summed E-state index contributed by atoms with van der Waals surface area (Å²) in [5, 5.41) is 7.25. The molecule has 1 amide bonds. The van der Waals surface area contributed by atoms with Gasteiger partial charge in [-0.05, 0) is 30.3 Å². The molecule has 0 saturated heterocycles. The lowest BCUT2D eigenvalue weighted by Gasteiger charge is -2.18. The van der Waals surface area contributed by atoms with E-state index < -0.39 is 0 Å². The Morgan fingerprint density at radius 1 is 1.13 bits per heavy atom. The minimum Gasteiger partial charge on any atom is -0.482 e. The Morgan fingerprint density at radius 2 is 1.97 bits per heavy atom. The quantitative estimate of drug-likeness (QED) is 0.523. The van der Waals surface area contributed by atoms with Crippen LogP contribution in [-0.2, 0) is 11.3 Å². The van der Waals surface area contributed by atoms with E-state index in [4.69, 9.17) is 4.74 Å². The average Bonchev–Trinajstić information content (AvgIpc) is 3.20. The molecule has 0 spiro atoms. The zero-order chi connectivity index (χ0) is 20.7. The molecule has 1 N–H and O–H groups in total. The summed E-state index contributed by atoms with van der Waals surface area (Å²) in [6.45, 7) is -0.246. The third-order valence-electron chi connectivity index (χ3n) is 4.80. The number of carbonyl (C=O) groups is 2. The van der Waals surface area contributed by atoms with Gasteiger partial charge in [-0.15, -0.1) is 0 Å². The summed E-state index contributed by atoms with van der Waals surface area (Å²) in [7, 11) is 0. The number of fused-ring (bicyclic) bond motifs is 2. The second-order valence-electron chi connectivity index (χ2n) is 6.78. The van der Waals surface area contributed by atoms with Crippen molar-refractivity contribution < 1.29 is 14.3 Å². The predicted octanol–water partition coefficient (Wildman–Crippen LogP) is 1.80. The number of rotatable bonds is 4. The molecule has 4 aromatic rings. The van der Waals surface area contributed by atoms with Gasteiger partial charge < -0.3 is 10.1 Å². The second kappa shape index (κ2) is 6.96. The lowest BCUT2D eigenvalue weighted by atomic mass is 10.1. The third kappa shape index (κ3) is 3.02. The first-order chi connectivity index (χ1) is 14.6. The van der Waals surface area contributed by atoms with Crippen molar-refractivity contribution in [1.29, 1.82) is 0 Å². The smallest absolute Gasteiger partial charge is 0.264 e. The largest absolute Gasteiger partial charge is 0.482 e. The monoisotopic (exact) mass is 401 g/mol. The number of hydrogen-bond acceptors (Lipinski definition) is 6. The topological polar surface area (TPSA) is 108 Å². The van der Waals surface area contributed by atoms with Gasteiger partial charge in [0.2, 0.25) is 0 Å². The normalized spacial score (nSPS) is 12.9. The van der Waals surface area contributed by atoms with E-state index in [1.54, 1.807) is 22.9 Å². The number of benzene rings is 2. The summed E-state index contributed by atoms with van der Waals surface area (Å²) < 4.78 is 8.12. The van der Waals surface area contributed by atoms with Crippen LogP contribution in [0.2, 0.25) is 0 Å². The standard InChI is InChI=1S/C21H15N5O4/c27-17(13-6-7-18-16(8-13)24-19(28)11-30-18)10-25-12-22-20-15(21(25)29)9-23-26(20)14-4-2-1-3-5-14/h1-9,12H,10-11H2,(H,24,28). The van der Waals surface area contributed by atoms with Gasteiger partial charge >= 0.3 is 0 Å². The number of para-hydroxylation sites is 1. The van der Waals surface area contributed by atoms with Gasteiger partial charge in [-0.2, -0.15) is 5.10 Å². The fraction of sp³-hybridized carbons (Fsp3) is 0.0952. The highest BCUT2D eigenvalue weighted by Gasteiger charge is 2.19. The SMILES string of the molecule is O=C1COc2ccc(C(=O)Cn3cnc4c(cnn4-c4ccccc4)c3=O)cc2N1. The number of amides is 1. The van der Waals surface area contributed by atoms with Gasteiger partial charge in [0.1, 0.15) is 17.5 Å². The minimum atomic E-state index is -0.356. The summed E-state index contributed by atoms with van der Waals surface area (Å²) in [6.07, 6.45) is 2.79. The van der Waals surface area contributed by atoms with E-state index in [2.05, 4.69) is 15.4 Å². The highest BCUT2D eigenvalue weighted by atomic mass is 16.5. The van der Waals surface area contributed by atoms with Gasteiger partial charge in [-0.3, -0.25) is 19.0 Å². The molecule has 0 fully saturated rings. The number of nitrogens with zero attached hydrogens (tertiary/aromatic N) is 4. The lowest BCUT2D eigenvalue weighted by molar-refractivity contribution is -0.118. The molecule has 5 rings (SSSR count).